The lowest BCUT2D eigenvalue weighted by Crippen LogP contribution is -1.77. The first kappa shape index (κ1) is 9.32. The zero-order valence-corrected chi connectivity index (χ0v) is 9.62. The Morgan fingerprint density at radius 2 is 1.69 bits per heavy atom. The molecular weight excluding hydrogens is 271 g/mol. The molecule has 66 valence electrons. The lowest BCUT2D eigenvalue weighted by molar-refractivity contribution is 1.71. The van der Waals surface area contributed by atoms with Crippen LogP contribution in [0.4, 0.5) is 0 Å². The van der Waals surface area contributed by atoms with Crippen molar-refractivity contribution >= 4 is 49.9 Å². The van der Waals surface area contributed by atoms with E-state index < -0.39 is 0 Å². The Balaban J connectivity index is 3.00. The van der Waals surface area contributed by atoms with Crippen LogP contribution in [0.1, 0.15) is 0 Å². The summed E-state index contributed by atoms with van der Waals surface area (Å²) in [6, 6.07) is 9.45. The summed E-state index contributed by atoms with van der Waals surface area (Å²) >= 11 is 15.5. The lowest BCUT2D eigenvalue weighted by Gasteiger charge is -2.04. The van der Waals surface area contributed by atoms with Gasteiger partial charge in [-0.05, 0) is 18.2 Å². The first-order chi connectivity index (χ1) is 6.20. The minimum absolute atomic E-state index is 0.715. The fraction of sp³-hybridized carbons (Fsp3) is 0. The average Bonchev–Trinajstić information content (AvgIpc) is 2.12. The maximum Gasteiger partial charge on any atom is 0.0496 e. The van der Waals surface area contributed by atoms with Crippen LogP contribution in [0.25, 0.3) is 10.8 Å². The molecule has 0 atom stereocenters. The van der Waals surface area contributed by atoms with Crippen molar-refractivity contribution in [2.24, 2.45) is 0 Å². The van der Waals surface area contributed by atoms with Crippen molar-refractivity contribution in [1.82, 2.24) is 0 Å². The Bertz CT molecular complexity index is 457. The van der Waals surface area contributed by atoms with Crippen LogP contribution in [-0.4, -0.2) is 0 Å². The highest BCUT2D eigenvalue weighted by Gasteiger charge is 2.05. The van der Waals surface area contributed by atoms with Crippen LogP contribution in [0.2, 0.25) is 10.0 Å². The Labute approximate surface area is 94.6 Å². The second kappa shape index (κ2) is 3.49. The summed E-state index contributed by atoms with van der Waals surface area (Å²) in [5.74, 6) is 0. The second-order valence-corrected chi connectivity index (χ2v) is 4.36. The van der Waals surface area contributed by atoms with Gasteiger partial charge in [-0.2, -0.15) is 0 Å². The van der Waals surface area contributed by atoms with Gasteiger partial charge in [-0.3, -0.25) is 0 Å². The predicted molar refractivity (Wildman–Crippen MR) is 61.7 cm³/mol. The number of fused-ring (bicyclic) bond motifs is 1. The normalized spacial score (nSPS) is 10.7. The van der Waals surface area contributed by atoms with Gasteiger partial charge in [-0.1, -0.05) is 51.3 Å². The van der Waals surface area contributed by atoms with Gasteiger partial charge in [0.05, 0.1) is 0 Å². The van der Waals surface area contributed by atoms with E-state index in [-0.39, 0.29) is 0 Å². The van der Waals surface area contributed by atoms with Crippen molar-refractivity contribution in [3.63, 3.8) is 0 Å². The Kier molecular flexibility index (Phi) is 2.50. The molecule has 0 aromatic heterocycles. The molecule has 0 heterocycles. The van der Waals surface area contributed by atoms with Gasteiger partial charge >= 0.3 is 0 Å². The monoisotopic (exact) mass is 274 g/mol. The summed E-state index contributed by atoms with van der Waals surface area (Å²) in [6.07, 6.45) is 0. The van der Waals surface area contributed by atoms with E-state index in [1.807, 2.05) is 30.3 Å². The van der Waals surface area contributed by atoms with Crippen molar-refractivity contribution in [2.45, 2.75) is 0 Å². The molecule has 0 radical (unpaired) electrons. The third kappa shape index (κ3) is 1.56. The van der Waals surface area contributed by atoms with E-state index >= 15 is 0 Å². The zero-order valence-electron chi connectivity index (χ0n) is 6.52. The van der Waals surface area contributed by atoms with Crippen LogP contribution >= 0.6 is 39.1 Å². The third-order valence-corrected chi connectivity index (χ3v) is 3.19. The van der Waals surface area contributed by atoms with E-state index in [1.165, 1.54) is 0 Å². The molecular formula is C10H5BrCl2. The highest BCUT2D eigenvalue weighted by molar-refractivity contribution is 9.10. The fourth-order valence-corrected chi connectivity index (χ4v) is 2.46. The topological polar surface area (TPSA) is 0 Å². The molecule has 0 nitrogen and oxygen atoms in total. The van der Waals surface area contributed by atoms with Gasteiger partial charge in [0.25, 0.3) is 0 Å². The fourth-order valence-electron chi connectivity index (χ4n) is 1.29. The number of hydrogen-bond donors (Lipinski definition) is 0. The zero-order chi connectivity index (χ0) is 9.42. The van der Waals surface area contributed by atoms with Crippen LogP contribution in [0, 0.1) is 0 Å². The quantitative estimate of drug-likeness (QED) is 0.641. The minimum Gasteiger partial charge on any atom is -0.0837 e. The highest BCUT2D eigenvalue weighted by atomic mass is 79.9. The van der Waals surface area contributed by atoms with Crippen molar-refractivity contribution in [3.8, 4) is 0 Å². The van der Waals surface area contributed by atoms with Crippen LogP contribution in [-0.2, 0) is 0 Å². The van der Waals surface area contributed by atoms with Gasteiger partial charge in [-0.25, -0.2) is 0 Å². The molecule has 0 spiro atoms. The molecule has 2 aromatic carbocycles. The molecule has 2 rings (SSSR count). The van der Waals surface area contributed by atoms with Crippen molar-refractivity contribution < 1.29 is 0 Å². The summed E-state index contributed by atoms with van der Waals surface area (Å²) in [5, 5.41) is 3.38. The lowest BCUT2D eigenvalue weighted by atomic mass is 10.1. The van der Waals surface area contributed by atoms with Gasteiger partial charge in [0, 0.05) is 25.3 Å². The largest absolute Gasteiger partial charge is 0.0837 e. The van der Waals surface area contributed by atoms with Crippen LogP contribution < -0.4 is 0 Å². The molecule has 0 aliphatic carbocycles. The minimum atomic E-state index is 0.715. The van der Waals surface area contributed by atoms with Crippen molar-refractivity contribution in [1.29, 1.82) is 0 Å². The Morgan fingerprint density at radius 1 is 0.923 bits per heavy atom. The molecule has 0 unspecified atom stereocenters. The van der Waals surface area contributed by atoms with Gasteiger partial charge in [0.15, 0.2) is 0 Å². The molecule has 13 heavy (non-hydrogen) atoms. The summed E-state index contributed by atoms with van der Waals surface area (Å²) in [6.45, 7) is 0. The maximum atomic E-state index is 6.05. The third-order valence-electron chi connectivity index (χ3n) is 1.89. The van der Waals surface area contributed by atoms with Crippen molar-refractivity contribution in [3.05, 3.63) is 44.8 Å². The Morgan fingerprint density at radius 3 is 2.38 bits per heavy atom. The smallest absolute Gasteiger partial charge is 0.0496 e. The molecule has 0 saturated heterocycles. The predicted octanol–water partition coefficient (Wildman–Crippen LogP) is 4.91. The summed E-state index contributed by atoms with van der Waals surface area (Å²) in [7, 11) is 0. The Hall–Kier alpha value is -0.240. The summed E-state index contributed by atoms with van der Waals surface area (Å²) in [4.78, 5) is 0. The van der Waals surface area contributed by atoms with Gasteiger partial charge < -0.3 is 0 Å². The van der Waals surface area contributed by atoms with E-state index in [0.29, 0.717) is 5.02 Å². The first-order valence-electron chi connectivity index (χ1n) is 3.72. The van der Waals surface area contributed by atoms with E-state index in [9.17, 15) is 0 Å². The van der Waals surface area contributed by atoms with Crippen LogP contribution in [0.3, 0.4) is 0 Å². The maximum absolute atomic E-state index is 6.05. The second-order valence-electron chi connectivity index (χ2n) is 2.69. The highest BCUT2D eigenvalue weighted by Crippen LogP contribution is 2.34. The molecule has 3 heteroatoms. The molecule has 0 amide bonds. The SMILES string of the molecule is Clc1ccc(Br)c2c(Cl)cccc12. The molecule has 0 bridgehead atoms. The van der Waals surface area contributed by atoms with E-state index in [0.717, 1.165) is 20.3 Å². The van der Waals surface area contributed by atoms with Crippen LogP contribution in [0.5, 0.6) is 0 Å². The van der Waals surface area contributed by atoms with Crippen LogP contribution in [0.15, 0.2) is 34.8 Å². The van der Waals surface area contributed by atoms with Crippen molar-refractivity contribution in [2.75, 3.05) is 0 Å². The first-order valence-corrected chi connectivity index (χ1v) is 5.27. The summed E-state index contributed by atoms with van der Waals surface area (Å²) in [5.41, 5.74) is 0. The van der Waals surface area contributed by atoms with Gasteiger partial charge in [0.2, 0.25) is 0 Å². The number of hydrogen-bond acceptors (Lipinski definition) is 0. The van der Waals surface area contributed by atoms with E-state index in [4.69, 9.17) is 23.2 Å². The number of halogens is 3. The molecule has 0 N–H and O–H groups in total. The van der Waals surface area contributed by atoms with Gasteiger partial charge in [0.1, 0.15) is 0 Å². The standard InChI is InChI=1S/C10H5BrCl2/c11-7-4-5-8(12)6-2-1-3-9(13)10(6)7/h1-5H. The molecule has 0 aliphatic rings. The van der Waals surface area contributed by atoms with E-state index in [2.05, 4.69) is 15.9 Å². The molecule has 0 saturated carbocycles. The summed E-state index contributed by atoms with van der Waals surface area (Å²) < 4.78 is 0.970. The van der Waals surface area contributed by atoms with E-state index in [1.54, 1.807) is 0 Å². The molecule has 2 aromatic rings. The number of rotatable bonds is 0. The number of benzene rings is 2. The van der Waals surface area contributed by atoms with Gasteiger partial charge in [-0.15, -0.1) is 0 Å². The molecule has 0 fully saturated rings. The average molecular weight is 276 g/mol. The molecule has 0 aliphatic heterocycles.